The number of ether oxygens (including phenoxy) is 1. The van der Waals surface area contributed by atoms with Crippen molar-refractivity contribution in [3.63, 3.8) is 0 Å². The lowest BCUT2D eigenvalue weighted by atomic mass is 10.3. The second-order valence-electron chi connectivity index (χ2n) is 3.92. The van der Waals surface area contributed by atoms with Gasteiger partial charge in [0.2, 0.25) is 11.8 Å². The maximum Gasteiger partial charge on any atom is 0.241 e. The molecule has 0 saturated heterocycles. The van der Waals surface area contributed by atoms with E-state index in [1.807, 2.05) is 6.07 Å². The number of carbonyl (C=O) groups excluding carboxylic acids is 1. The van der Waals surface area contributed by atoms with Gasteiger partial charge in [0.05, 0.1) is 7.11 Å². The number of nitrogens with zero attached hydrogens (tertiary/aromatic N) is 3. The molecular formula is C12H15N5O2. The predicted molar refractivity (Wildman–Crippen MR) is 69.3 cm³/mol. The largest absolute Gasteiger partial charge is 0.481 e. The summed E-state index contributed by atoms with van der Waals surface area (Å²) in [6.45, 7) is 0.549. The van der Waals surface area contributed by atoms with Crippen LogP contribution >= 0.6 is 0 Å². The van der Waals surface area contributed by atoms with Crippen LogP contribution < -0.4 is 15.8 Å². The maximum atomic E-state index is 11.7. The first kappa shape index (κ1) is 12.9. The average molecular weight is 261 g/mol. The van der Waals surface area contributed by atoms with Gasteiger partial charge >= 0.3 is 0 Å². The zero-order valence-corrected chi connectivity index (χ0v) is 10.5. The standard InChI is InChI=1S/C12H15N5O2/c1-19-12-3-2-9(7-15-12)6-14-11(18)8-17-5-4-10(13)16-17/h2-5,7H,6,8H2,1H3,(H2,13,16)(H,14,18). The van der Waals surface area contributed by atoms with Crippen LogP contribution in [0.3, 0.4) is 0 Å². The van der Waals surface area contributed by atoms with Crippen LogP contribution in [0.15, 0.2) is 30.6 Å². The normalized spacial score (nSPS) is 10.2. The third-order valence-electron chi connectivity index (χ3n) is 2.46. The summed E-state index contributed by atoms with van der Waals surface area (Å²) in [5.41, 5.74) is 6.36. The lowest BCUT2D eigenvalue weighted by Gasteiger charge is -2.06. The van der Waals surface area contributed by atoms with E-state index in [9.17, 15) is 4.79 Å². The number of rotatable bonds is 5. The van der Waals surface area contributed by atoms with Crippen LogP contribution in [0, 0.1) is 0 Å². The van der Waals surface area contributed by atoms with Crippen LogP contribution in [0.1, 0.15) is 5.56 Å². The highest BCUT2D eigenvalue weighted by Gasteiger charge is 2.04. The number of hydrogen-bond acceptors (Lipinski definition) is 5. The minimum Gasteiger partial charge on any atom is -0.481 e. The number of nitrogens with two attached hydrogens (primary N) is 1. The number of pyridine rings is 1. The van der Waals surface area contributed by atoms with E-state index in [1.165, 1.54) is 4.68 Å². The number of anilines is 1. The molecule has 0 aromatic carbocycles. The second kappa shape index (κ2) is 5.85. The molecule has 2 aromatic rings. The lowest BCUT2D eigenvalue weighted by molar-refractivity contribution is -0.122. The summed E-state index contributed by atoms with van der Waals surface area (Å²) in [6, 6.07) is 5.23. The van der Waals surface area contributed by atoms with E-state index in [4.69, 9.17) is 10.5 Å². The Kier molecular flexibility index (Phi) is 3.97. The number of aromatic nitrogens is 3. The van der Waals surface area contributed by atoms with Gasteiger partial charge in [-0.1, -0.05) is 6.07 Å². The Hall–Kier alpha value is -2.57. The van der Waals surface area contributed by atoms with E-state index < -0.39 is 0 Å². The van der Waals surface area contributed by atoms with Gasteiger partial charge < -0.3 is 15.8 Å². The topological polar surface area (TPSA) is 95.1 Å². The molecule has 0 radical (unpaired) electrons. The van der Waals surface area contributed by atoms with Gasteiger partial charge in [0.1, 0.15) is 12.4 Å². The van der Waals surface area contributed by atoms with E-state index >= 15 is 0 Å². The molecule has 1 amide bonds. The van der Waals surface area contributed by atoms with Crippen molar-refractivity contribution < 1.29 is 9.53 Å². The molecule has 0 atom stereocenters. The molecule has 19 heavy (non-hydrogen) atoms. The zero-order valence-electron chi connectivity index (χ0n) is 10.5. The molecule has 100 valence electrons. The molecule has 3 N–H and O–H groups in total. The number of methoxy groups -OCH3 is 1. The fourth-order valence-electron chi connectivity index (χ4n) is 1.51. The Balaban J connectivity index is 1.82. The van der Waals surface area contributed by atoms with Crippen molar-refractivity contribution in [2.24, 2.45) is 0 Å². The number of hydrogen-bond donors (Lipinski definition) is 2. The van der Waals surface area contributed by atoms with Crippen molar-refractivity contribution in [2.75, 3.05) is 12.8 Å². The highest BCUT2D eigenvalue weighted by molar-refractivity contribution is 5.75. The van der Waals surface area contributed by atoms with E-state index in [0.717, 1.165) is 5.56 Å². The van der Waals surface area contributed by atoms with Crippen molar-refractivity contribution in [1.29, 1.82) is 0 Å². The van der Waals surface area contributed by atoms with Crippen molar-refractivity contribution in [1.82, 2.24) is 20.1 Å². The molecular weight excluding hydrogens is 246 g/mol. The average Bonchev–Trinajstić information content (AvgIpc) is 2.82. The molecule has 0 aliphatic heterocycles. The van der Waals surface area contributed by atoms with Crippen LogP contribution in [-0.4, -0.2) is 27.8 Å². The molecule has 0 aliphatic rings. The highest BCUT2D eigenvalue weighted by Crippen LogP contribution is 2.06. The van der Waals surface area contributed by atoms with Crippen molar-refractivity contribution in [3.05, 3.63) is 36.2 Å². The molecule has 0 aliphatic carbocycles. The fourth-order valence-corrected chi connectivity index (χ4v) is 1.51. The summed E-state index contributed by atoms with van der Waals surface area (Å²) in [6.07, 6.45) is 3.31. The van der Waals surface area contributed by atoms with E-state index in [-0.39, 0.29) is 12.5 Å². The first-order valence-corrected chi connectivity index (χ1v) is 5.72. The summed E-state index contributed by atoms with van der Waals surface area (Å²) < 4.78 is 6.44. The van der Waals surface area contributed by atoms with Crippen LogP contribution in [-0.2, 0) is 17.9 Å². The third kappa shape index (κ3) is 3.70. The Morgan fingerprint density at radius 2 is 2.32 bits per heavy atom. The molecule has 7 heteroatoms. The quantitative estimate of drug-likeness (QED) is 0.800. The van der Waals surface area contributed by atoms with Crippen LogP contribution in [0.4, 0.5) is 5.82 Å². The van der Waals surface area contributed by atoms with Gasteiger partial charge in [-0.15, -0.1) is 0 Å². The summed E-state index contributed by atoms with van der Waals surface area (Å²) in [5, 5.41) is 6.71. The Morgan fingerprint density at radius 3 is 2.89 bits per heavy atom. The first-order chi connectivity index (χ1) is 9.17. The summed E-state index contributed by atoms with van der Waals surface area (Å²) >= 11 is 0. The van der Waals surface area contributed by atoms with Gasteiger partial charge in [0.25, 0.3) is 0 Å². The number of amides is 1. The molecule has 2 heterocycles. The highest BCUT2D eigenvalue weighted by atomic mass is 16.5. The van der Waals surface area contributed by atoms with Gasteiger partial charge in [-0.3, -0.25) is 9.48 Å². The third-order valence-corrected chi connectivity index (χ3v) is 2.46. The SMILES string of the molecule is COc1ccc(CNC(=O)Cn2ccc(N)n2)cn1. The van der Waals surface area contributed by atoms with Crippen LogP contribution in [0.25, 0.3) is 0 Å². The monoisotopic (exact) mass is 261 g/mol. The molecule has 0 bridgehead atoms. The molecule has 0 fully saturated rings. The molecule has 7 nitrogen and oxygen atoms in total. The minimum atomic E-state index is -0.140. The van der Waals surface area contributed by atoms with E-state index in [2.05, 4.69) is 15.4 Å². The second-order valence-corrected chi connectivity index (χ2v) is 3.92. The number of nitrogen functional groups attached to an aromatic ring is 1. The lowest BCUT2D eigenvalue weighted by Crippen LogP contribution is -2.27. The van der Waals surface area contributed by atoms with Gasteiger partial charge in [-0.2, -0.15) is 5.10 Å². The molecule has 0 saturated carbocycles. The maximum absolute atomic E-state index is 11.7. The Morgan fingerprint density at radius 1 is 1.47 bits per heavy atom. The fraction of sp³-hybridized carbons (Fsp3) is 0.250. The first-order valence-electron chi connectivity index (χ1n) is 5.72. The van der Waals surface area contributed by atoms with Gasteiger partial charge in [0.15, 0.2) is 0 Å². The number of nitrogens with one attached hydrogen (secondary N) is 1. The molecule has 2 aromatic heterocycles. The van der Waals surface area contributed by atoms with E-state index in [0.29, 0.717) is 18.2 Å². The van der Waals surface area contributed by atoms with Gasteiger partial charge in [0, 0.05) is 25.0 Å². The number of carbonyl (C=O) groups is 1. The van der Waals surface area contributed by atoms with Gasteiger partial charge in [-0.25, -0.2) is 4.98 Å². The Labute approximate surface area is 110 Å². The van der Waals surface area contributed by atoms with E-state index in [1.54, 1.807) is 31.6 Å². The predicted octanol–water partition coefficient (Wildman–Crippen LogP) is 0.185. The van der Waals surface area contributed by atoms with Crippen molar-refractivity contribution >= 4 is 11.7 Å². The van der Waals surface area contributed by atoms with Crippen LogP contribution in [0.2, 0.25) is 0 Å². The molecule has 0 unspecified atom stereocenters. The zero-order chi connectivity index (χ0) is 13.7. The van der Waals surface area contributed by atoms with Crippen LogP contribution in [0.5, 0.6) is 5.88 Å². The minimum absolute atomic E-state index is 0.140. The smallest absolute Gasteiger partial charge is 0.241 e. The van der Waals surface area contributed by atoms with Crippen molar-refractivity contribution in [3.8, 4) is 5.88 Å². The Bertz CT molecular complexity index is 550. The summed E-state index contributed by atoms with van der Waals surface area (Å²) in [7, 11) is 1.56. The summed E-state index contributed by atoms with van der Waals surface area (Å²) in [4.78, 5) is 15.7. The molecule has 2 rings (SSSR count). The summed E-state index contributed by atoms with van der Waals surface area (Å²) in [5.74, 6) is 0.799. The van der Waals surface area contributed by atoms with Crippen molar-refractivity contribution in [2.45, 2.75) is 13.1 Å². The molecule has 0 spiro atoms. The van der Waals surface area contributed by atoms with Gasteiger partial charge in [-0.05, 0) is 11.6 Å².